The van der Waals surface area contributed by atoms with Gasteiger partial charge in [0.25, 0.3) is 5.91 Å². The van der Waals surface area contributed by atoms with E-state index in [1.807, 2.05) is 38.1 Å². The molecule has 0 N–H and O–H groups in total. The Morgan fingerprint density at radius 2 is 2.00 bits per heavy atom. The van der Waals surface area contributed by atoms with Crippen molar-refractivity contribution in [3.63, 3.8) is 0 Å². The third kappa shape index (κ3) is 3.02. The Labute approximate surface area is 127 Å². The van der Waals surface area contributed by atoms with Crippen LogP contribution >= 0.6 is 35.6 Å². The molecule has 100 valence electrons. The van der Waals surface area contributed by atoms with Gasteiger partial charge in [0.05, 0.1) is 4.91 Å². The Kier molecular flexibility index (Phi) is 4.66. The molecular weight excluding hydrogens is 298 g/mol. The number of hydrogen-bond donors (Lipinski definition) is 0. The van der Waals surface area contributed by atoms with Gasteiger partial charge in [0.1, 0.15) is 4.32 Å². The number of carbonyl (C=O) groups is 1. The Morgan fingerprint density at radius 1 is 1.37 bits per heavy atom. The third-order valence-corrected chi connectivity index (χ3v) is 4.72. The van der Waals surface area contributed by atoms with Crippen molar-refractivity contribution in [3.8, 4) is 0 Å². The van der Waals surface area contributed by atoms with E-state index < -0.39 is 0 Å². The third-order valence-electron chi connectivity index (χ3n) is 2.91. The summed E-state index contributed by atoms with van der Waals surface area (Å²) in [5, 5.41) is 0.690. The van der Waals surface area contributed by atoms with Crippen LogP contribution in [0.4, 0.5) is 0 Å². The van der Waals surface area contributed by atoms with Gasteiger partial charge in [-0.15, -0.1) is 0 Å². The van der Waals surface area contributed by atoms with E-state index in [0.717, 1.165) is 22.5 Å². The minimum absolute atomic E-state index is 0.0179. The van der Waals surface area contributed by atoms with Crippen molar-refractivity contribution in [2.45, 2.75) is 20.3 Å². The zero-order valence-corrected chi connectivity index (χ0v) is 13.2. The van der Waals surface area contributed by atoms with Gasteiger partial charge in [0.2, 0.25) is 0 Å². The van der Waals surface area contributed by atoms with Gasteiger partial charge in [0, 0.05) is 11.6 Å². The maximum absolute atomic E-state index is 12.3. The first-order chi connectivity index (χ1) is 9.04. The van der Waals surface area contributed by atoms with Crippen LogP contribution in [-0.2, 0) is 4.79 Å². The van der Waals surface area contributed by atoms with Crippen molar-refractivity contribution in [1.29, 1.82) is 0 Å². The van der Waals surface area contributed by atoms with Gasteiger partial charge in [-0.05, 0) is 36.6 Å². The predicted octanol–water partition coefficient (Wildman–Crippen LogP) is 4.34. The highest BCUT2D eigenvalue weighted by Crippen LogP contribution is 2.36. The Bertz CT molecular complexity index is 551. The highest BCUT2D eigenvalue weighted by Gasteiger charge is 2.32. The maximum atomic E-state index is 12.3. The molecule has 1 aliphatic heterocycles. The largest absolute Gasteiger partial charge is 0.293 e. The van der Waals surface area contributed by atoms with E-state index in [2.05, 4.69) is 0 Å². The van der Waals surface area contributed by atoms with Gasteiger partial charge in [-0.25, -0.2) is 0 Å². The Morgan fingerprint density at radius 3 is 2.58 bits per heavy atom. The Balaban J connectivity index is 2.35. The summed E-state index contributed by atoms with van der Waals surface area (Å²) in [6, 6.07) is 7.49. The van der Waals surface area contributed by atoms with E-state index >= 15 is 0 Å². The molecule has 2 rings (SSSR count). The van der Waals surface area contributed by atoms with Crippen LogP contribution in [0.3, 0.4) is 0 Å². The van der Waals surface area contributed by atoms with Crippen LogP contribution in [0.2, 0.25) is 5.02 Å². The lowest BCUT2D eigenvalue weighted by Crippen LogP contribution is -2.28. The minimum atomic E-state index is 0.0179. The summed E-state index contributed by atoms with van der Waals surface area (Å²) in [6.45, 7) is 4.66. The van der Waals surface area contributed by atoms with Crippen LogP contribution in [0, 0.1) is 0 Å². The minimum Gasteiger partial charge on any atom is -0.293 e. The van der Waals surface area contributed by atoms with E-state index in [-0.39, 0.29) is 5.91 Å². The van der Waals surface area contributed by atoms with E-state index in [1.54, 1.807) is 4.90 Å². The first kappa shape index (κ1) is 14.6. The number of halogens is 1. The molecule has 1 saturated heterocycles. The molecule has 1 amide bonds. The van der Waals surface area contributed by atoms with Crippen LogP contribution in [0.1, 0.15) is 25.8 Å². The van der Waals surface area contributed by atoms with E-state index in [4.69, 9.17) is 23.8 Å². The number of rotatable bonds is 3. The standard InChI is InChI=1S/C14H14ClNOS2/c1-3-8-16-13(17)12(19-14(16)18)9(2)10-4-6-11(15)7-5-10/h4-7H,3,8H2,1-2H3/b12-9-. The predicted molar refractivity (Wildman–Crippen MR) is 86.2 cm³/mol. The maximum Gasteiger partial charge on any atom is 0.266 e. The highest BCUT2D eigenvalue weighted by atomic mass is 35.5. The van der Waals surface area contributed by atoms with Crippen molar-refractivity contribution in [2.75, 3.05) is 6.54 Å². The van der Waals surface area contributed by atoms with Crippen LogP contribution < -0.4 is 0 Å². The lowest BCUT2D eigenvalue weighted by molar-refractivity contribution is -0.122. The molecule has 1 aromatic rings. The molecule has 5 heteroatoms. The van der Waals surface area contributed by atoms with Crippen LogP contribution in [-0.4, -0.2) is 21.7 Å². The summed E-state index contributed by atoms with van der Waals surface area (Å²) < 4.78 is 0.648. The molecule has 1 heterocycles. The van der Waals surface area contributed by atoms with E-state index in [1.165, 1.54) is 11.8 Å². The fourth-order valence-corrected chi connectivity index (χ4v) is 3.35. The van der Waals surface area contributed by atoms with Crippen LogP contribution in [0.5, 0.6) is 0 Å². The van der Waals surface area contributed by atoms with Crippen LogP contribution in [0.25, 0.3) is 5.57 Å². The lowest BCUT2D eigenvalue weighted by Gasteiger charge is -2.12. The Hall–Kier alpha value is -0.840. The molecule has 0 aliphatic carbocycles. The molecule has 0 spiro atoms. The summed E-state index contributed by atoms with van der Waals surface area (Å²) in [7, 11) is 0. The average Bonchev–Trinajstić information content (AvgIpc) is 2.67. The molecule has 0 aromatic heterocycles. The zero-order chi connectivity index (χ0) is 14.0. The van der Waals surface area contributed by atoms with Gasteiger partial charge in [-0.3, -0.25) is 9.69 Å². The number of thiocarbonyl (C=S) groups is 1. The van der Waals surface area contributed by atoms with Crippen molar-refractivity contribution in [3.05, 3.63) is 39.8 Å². The van der Waals surface area contributed by atoms with E-state index in [9.17, 15) is 4.79 Å². The van der Waals surface area contributed by atoms with Crippen molar-refractivity contribution in [2.24, 2.45) is 0 Å². The number of amides is 1. The molecule has 0 atom stereocenters. The number of hydrogen-bond acceptors (Lipinski definition) is 3. The number of thioether (sulfide) groups is 1. The monoisotopic (exact) mass is 311 g/mol. The average molecular weight is 312 g/mol. The molecule has 19 heavy (non-hydrogen) atoms. The van der Waals surface area contributed by atoms with Gasteiger partial charge >= 0.3 is 0 Å². The summed E-state index contributed by atoms with van der Waals surface area (Å²) in [5.74, 6) is 0.0179. The molecule has 0 saturated carbocycles. The summed E-state index contributed by atoms with van der Waals surface area (Å²) in [6.07, 6.45) is 0.902. The van der Waals surface area contributed by atoms with Crippen molar-refractivity contribution < 1.29 is 4.79 Å². The van der Waals surface area contributed by atoms with Crippen LogP contribution in [0.15, 0.2) is 29.2 Å². The highest BCUT2D eigenvalue weighted by molar-refractivity contribution is 8.26. The molecule has 0 bridgehead atoms. The van der Waals surface area contributed by atoms with Gasteiger partial charge in [-0.1, -0.05) is 54.6 Å². The second-order valence-corrected chi connectivity index (χ2v) is 6.37. The molecular formula is C14H14ClNOS2. The first-order valence-corrected chi connectivity index (χ1v) is 7.65. The summed E-state index contributed by atoms with van der Waals surface area (Å²) in [4.78, 5) is 14.7. The normalized spacial score (nSPS) is 18.2. The fraction of sp³-hybridized carbons (Fsp3) is 0.286. The number of benzene rings is 1. The number of allylic oxidation sites excluding steroid dienone is 1. The molecule has 1 fully saturated rings. The molecule has 0 radical (unpaired) electrons. The molecule has 1 aromatic carbocycles. The van der Waals surface area contributed by atoms with Gasteiger partial charge in [0.15, 0.2) is 0 Å². The summed E-state index contributed by atoms with van der Waals surface area (Å²) in [5.41, 5.74) is 1.95. The van der Waals surface area contributed by atoms with Crippen molar-refractivity contribution in [1.82, 2.24) is 4.90 Å². The van der Waals surface area contributed by atoms with Gasteiger partial charge in [-0.2, -0.15) is 0 Å². The quantitative estimate of drug-likeness (QED) is 0.612. The fourth-order valence-electron chi connectivity index (χ4n) is 1.88. The first-order valence-electron chi connectivity index (χ1n) is 6.05. The van der Waals surface area contributed by atoms with Crippen molar-refractivity contribution >= 4 is 51.4 Å². The van der Waals surface area contributed by atoms with E-state index in [0.29, 0.717) is 15.9 Å². The van der Waals surface area contributed by atoms with Gasteiger partial charge < -0.3 is 0 Å². The zero-order valence-electron chi connectivity index (χ0n) is 10.8. The second kappa shape index (κ2) is 6.07. The smallest absolute Gasteiger partial charge is 0.266 e. The SMILES string of the molecule is CCCN1C(=O)/C(=C(\C)c2ccc(Cl)cc2)SC1=S. The molecule has 0 unspecified atom stereocenters. The lowest BCUT2D eigenvalue weighted by atomic mass is 10.1. The number of nitrogens with zero attached hydrogens (tertiary/aromatic N) is 1. The molecule has 2 nitrogen and oxygen atoms in total. The topological polar surface area (TPSA) is 20.3 Å². The number of carbonyl (C=O) groups excluding carboxylic acids is 1. The molecule has 1 aliphatic rings. The summed E-state index contributed by atoms with van der Waals surface area (Å²) >= 11 is 12.5. The second-order valence-electron chi connectivity index (χ2n) is 4.29.